The van der Waals surface area contributed by atoms with Crippen molar-refractivity contribution in [3.63, 3.8) is 0 Å². The van der Waals surface area contributed by atoms with Crippen LogP contribution in [0.1, 0.15) is 49.9 Å². The first-order valence-corrected chi connectivity index (χ1v) is 7.04. The van der Waals surface area contributed by atoms with E-state index >= 15 is 0 Å². The van der Waals surface area contributed by atoms with Gasteiger partial charge in [-0.3, -0.25) is 14.3 Å². The first-order valence-electron chi connectivity index (χ1n) is 7.04. The number of nitrogens with one attached hydrogen (secondary N) is 1. The molecule has 20 heavy (non-hydrogen) atoms. The van der Waals surface area contributed by atoms with Crippen LogP contribution in [0.25, 0.3) is 0 Å². The fourth-order valence-corrected chi connectivity index (χ4v) is 2.86. The van der Waals surface area contributed by atoms with Crippen molar-refractivity contribution in [2.24, 2.45) is 5.92 Å². The van der Waals surface area contributed by atoms with E-state index in [2.05, 4.69) is 10.4 Å². The normalized spacial score (nSPS) is 26.2. The lowest BCUT2D eigenvalue weighted by Crippen LogP contribution is -2.55. The first-order chi connectivity index (χ1) is 9.46. The second-order valence-corrected chi connectivity index (χ2v) is 5.59. The Morgan fingerprint density at radius 1 is 1.55 bits per heavy atom. The molecular formula is C14H21N3O3. The molecule has 1 saturated carbocycles. The molecule has 2 N–H and O–H groups in total. The van der Waals surface area contributed by atoms with Gasteiger partial charge in [-0.15, -0.1) is 0 Å². The molecule has 1 aromatic rings. The number of hydrogen-bond acceptors (Lipinski definition) is 3. The largest absolute Gasteiger partial charge is 0.481 e. The molecule has 1 heterocycles. The average molecular weight is 279 g/mol. The quantitative estimate of drug-likeness (QED) is 0.878. The Morgan fingerprint density at radius 2 is 2.30 bits per heavy atom. The summed E-state index contributed by atoms with van der Waals surface area (Å²) < 4.78 is 1.67. The second kappa shape index (κ2) is 5.64. The van der Waals surface area contributed by atoms with Crippen molar-refractivity contribution < 1.29 is 14.7 Å². The van der Waals surface area contributed by atoms with E-state index in [1.807, 2.05) is 13.8 Å². The van der Waals surface area contributed by atoms with E-state index in [-0.39, 0.29) is 5.91 Å². The number of carboxylic acids is 1. The van der Waals surface area contributed by atoms with Gasteiger partial charge >= 0.3 is 5.97 Å². The summed E-state index contributed by atoms with van der Waals surface area (Å²) in [6.07, 6.45) is 6.33. The Bertz CT molecular complexity index is 512. The van der Waals surface area contributed by atoms with Crippen LogP contribution in [0.3, 0.4) is 0 Å². The van der Waals surface area contributed by atoms with E-state index in [0.29, 0.717) is 24.9 Å². The van der Waals surface area contributed by atoms with E-state index in [1.165, 1.54) is 6.20 Å². The molecular weight excluding hydrogens is 258 g/mol. The summed E-state index contributed by atoms with van der Waals surface area (Å²) in [7, 11) is 0. The summed E-state index contributed by atoms with van der Waals surface area (Å²) in [5.41, 5.74) is -0.210. The van der Waals surface area contributed by atoms with Gasteiger partial charge in [-0.25, -0.2) is 0 Å². The molecule has 0 radical (unpaired) electrons. The topological polar surface area (TPSA) is 84.2 Å². The number of amides is 1. The summed E-state index contributed by atoms with van der Waals surface area (Å²) in [4.78, 5) is 23.6. The number of carbonyl (C=O) groups is 2. The summed E-state index contributed by atoms with van der Waals surface area (Å²) in [6, 6.07) is 0. The molecule has 0 spiro atoms. The van der Waals surface area contributed by atoms with Crippen molar-refractivity contribution in [1.29, 1.82) is 0 Å². The third kappa shape index (κ3) is 2.84. The van der Waals surface area contributed by atoms with Crippen LogP contribution in [0, 0.1) is 5.92 Å². The predicted octanol–water partition coefficient (Wildman–Crippen LogP) is 1.67. The van der Waals surface area contributed by atoms with Gasteiger partial charge < -0.3 is 10.4 Å². The molecule has 0 saturated heterocycles. The number of rotatable bonds is 4. The van der Waals surface area contributed by atoms with Gasteiger partial charge in [-0.2, -0.15) is 5.10 Å². The summed E-state index contributed by atoms with van der Waals surface area (Å²) in [5.74, 6) is -1.61. The van der Waals surface area contributed by atoms with Crippen LogP contribution in [-0.4, -0.2) is 32.3 Å². The zero-order valence-electron chi connectivity index (χ0n) is 11.9. The molecule has 1 amide bonds. The third-order valence-corrected chi connectivity index (χ3v) is 4.12. The monoisotopic (exact) mass is 279 g/mol. The lowest BCUT2D eigenvalue weighted by molar-refractivity contribution is -0.145. The van der Waals surface area contributed by atoms with Crippen molar-refractivity contribution in [1.82, 2.24) is 15.1 Å². The van der Waals surface area contributed by atoms with Crippen LogP contribution in [0.15, 0.2) is 12.4 Å². The van der Waals surface area contributed by atoms with Crippen molar-refractivity contribution in [3.05, 3.63) is 18.0 Å². The Hall–Kier alpha value is -1.85. The van der Waals surface area contributed by atoms with Crippen LogP contribution in [-0.2, 0) is 11.3 Å². The molecule has 2 unspecified atom stereocenters. The summed E-state index contributed by atoms with van der Waals surface area (Å²) >= 11 is 0. The Labute approximate surface area is 118 Å². The minimum Gasteiger partial charge on any atom is -0.481 e. The minimum absolute atomic E-state index is 0.250. The number of hydrogen-bond donors (Lipinski definition) is 2. The number of aliphatic carboxylic acids is 1. The highest BCUT2D eigenvalue weighted by atomic mass is 16.4. The Balaban J connectivity index is 2.13. The second-order valence-electron chi connectivity index (χ2n) is 5.59. The van der Waals surface area contributed by atoms with Gasteiger partial charge in [0, 0.05) is 12.7 Å². The number of aryl methyl sites for hydroxylation is 1. The number of nitrogens with zero attached hydrogens (tertiary/aromatic N) is 2. The van der Waals surface area contributed by atoms with Crippen LogP contribution in [0.2, 0.25) is 0 Å². The van der Waals surface area contributed by atoms with Crippen molar-refractivity contribution in [3.8, 4) is 0 Å². The molecule has 6 nitrogen and oxygen atoms in total. The molecule has 6 heteroatoms. The van der Waals surface area contributed by atoms with Crippen LogP contribution >= 0.6 is 0 Å². The lowest BCUT2D eigenvalue weighted by Gasteiger charge is -2.39. The van der Waals surface area contributed by atoms with E-state index in [1.54, 1.807) is 10.9 Å². The highest BCUT2D eigenvalue weighted by Crippen LogP contribution is 2.34. The van der Waals surface area contributed by atoms with E-state index < -0.39 is 17.4 Å². The van der Waals surface area contributed by atoms with Gasteiger partial charge in [0.15, 0.2) is 0 Å². The third-order valence-electron chi connectivity index (χ3n) is 4.12. The Morgan fingerprint density at radius 3 is 2.90 bits per heavy atom. The maximum Gasteiger partial charge on any atom is 0.308 e. The summed E-state index contributed by atoms with van der Waals surface area (Å²) in [6.45, 7) is 4.47. The highest BCUT2D eigenvalue weighted by Gasteiger charge is 2.42. The molecule has 0 bridgehead atoms. The van der Waals surface area contributed by atoms with Crippen molar-refractivity contribution in [2.75, 3.05) is 0 Å². The van der Waals surface area contributed by atoms with Crippen LogP contribution in [0.5, 0.6) is 0 Å². The number of carboxylic acid groups (broad SMARTS) is 1. The summed E-state index contributed by atoms with van der Waals surface area (Å²) in [5, 5.41) is 16.3. The molecule has 1 aliphatic carbocycles. The molecule has 2 atom stereocenters. The van der Waals surface area contributed by atoms with Gasteiger partial charge in [-0.1, -0.05) is 12.8 Å². The van der Waals surface area contributed by atoms with E-state index in [4.69, 9.17) is 0 Å². The molecule has 1 fully saturated rings. The van der Waals surface area contributed by atoms with E-state index in [9.17, 15) is 14.7 Å². The van der Waals surface area contributed by atoms with E-state index in [0.717, 1.165) is 12.8 Å². The van der Waals surface area contributed by atoms with Gasteiger partial charge in [0.25, 0.3) is 5.91 Å². The number of aromatic nitrogens is 2. The van der Waals surface area contributed by atoms with Crippen LogP contribution in [0.4, 0.5) is 0 Å². The standard InChI is InChI=1S/C14H21N3O3/c1-3-17-9-10(8-15-17)12(18)16-14(2)7-5-4-6-11(14)13(19)20/h8-9,11H,3-7H2,1-2H3,(H,16,18)(H,19,20). The molecule has 1 aromatic heterocycles. The zero-order valence-corrected chi connectivity index (χ0v) is 11.9. The zero-order chi connectivity index (χ0) is 14.8. The smallest absolute Gasteiger partial charge is 0.308 e. The lowest BCUT2D eigenvalue weighted by atomic mass is 9.74. The fourth-order valence-electron chi connectivity index (χ4n) is 2.86. The molecule has 0 aromatic carbocycles. The van der Waals surface area contributed by atoms with Crippen LogP contribution < -0.4 is 5.32 Å². The maximum absolute atomic E-state index is 12.3. The van der Waals surface area contributed by atoms with Crippen molar-refractivity contribution >= 4 is 11.9 Å². The Kier molecular flexibility index (Phi) is 4.11. The molecule has 1 aliphatic rings. The maximum atomic E-state index is 12.3. The molecule has 110 valence electrons. The minimum atomic E-state index is -0.836. The van der Waals surface area contributed by atoms with Gasteiger partial charge in [0.05, 0.1) is 23.2 Å². The van der Waals surface area contributed by atoms with Gasteiger partial charge in [-0.05, 0) is 26.7 Å². The average Bonchev–Trinajstić information content (AvgIpc) is 2.87. The molecule has 0 aliphatic heterocycles. The predicted molar refractivity (Wildman–Crippen MR) is 73.4 cm³/mol. The molecule has 2 rings (SSSR count). The van der Waals surface area contributed by atoms with Crippen molar-refractivity contribution in [2.45, 2.75) is 51.6 Å². The fraction of sp³-hybridized carbons (Fsp3) is 0.643. The first kappa shape index (κ1) is 14.6. The highest BCUT2D eigenvalue weighted by molar-refractivity contribution is 5.94. The van der Waals surface area contributed by atoms with Gasteiger partial charge in [0.2, 0.25) is 0 Å². The number of carbonyl (C=O) groups excluding carboxylic acids is 1. The SMILES string of the molecule is CCn1cc(C(=O)NC2(C)CCCCC2C(=O)O)cn1. The van der Waals surface area contributed by atoms with Gasteiger partial charge in [0.1, 0.15) is 0 Å².